The molecule has 0 aromatic heterocycles. The van der Waals surface area contributed by atoms with Crippen molar-refractivity contribution in [1.82, 2.24) is 47.9 Å². The van der Waals surface area contributed by atoms with Crippen molar-refractivity contribution in [2.24, 2.45) is 29.4 Å². The molecule has 0 rings (SSSR count). The van der Waals surface area contributed by atoms with Crippen LogP contribution in [0.3, 0.4) is 0 Å². The van der Waals surface area contributed by atoms with E-state index in [-0.39, 0.29) is 42.8 Å². The molecule has 0 radical (unpaired) electrons. The summed E-state index contributed by atoms with van der Waals surface area (Å²) in [5.74, 6) is -10.9. The molecule has 0 aromatic carbocycles. The standard InChI is InChI=1S/C42H74N10O13S/c1-12-22(8)33(41(63)50-28(14-20(4)5)39(61)47-25(11)36(58)51-30(42(64)65)15-21(6)7)52-40(62)29(16-32(54)55)48-31(53)17-44-34(56)23(9)45-35(57)24(10)46-38(60)27(13-19(2)3)49-37(59)26(43)18-66/h19-30,33,66H,12-18,43H2,1-11H3,(H,44,56)(H,45,57)(H,46,60)(H,47,61)(H,48,53)(H,49,59)(H,50,63)(H,51,58)(H,52,62)(H,54,55)(H,64,65)/t22-,23-,24-,25-,26-,27-,28-,29-,30-,33-/m0/s1. The Morgan fingerprint density at radius 2 is 0.879 bits per heavy atom. The number of hydrogen-bond donors (Lipinski definition) is 13. The Bertz CT molecular complexity index is 1720. The Hall–Kier alpha value is -5.52. The lowest BCUT2D eigenvalue weighted by Gasteiger charge is -2.29. The van der Waals surface area contributed by atoms with Gasteiger partial charge in [-0.2, -0.15) is 12.6 Å². The Labute approximate surface area is 392 Å². The summed E-state index contributed by atoms with van der Waals surface area (Å²) >= 11 is 3.99. The van der Waals surface area contributed by atoms with E-state index in [0.29, 0.717) is 6.42 Å². The summed E-state index contributed by atoms with van der Waals surface area (Å²) in [6.45, 7) is 17.3. The third-order valence-corrected chi connectivity index (χ3v) is 10.4. The van der Waals surface area contributed by atoms with Gasteiger partial charge in [0.15, 0.2) is 0 Å². The van der Waals surface area contributed by atoms with Crippen LogP contribution in [0.2, 0.25) is 0 Å². The number of amides is 9. The monoisotopic (exact) mass is 959 g/mol. The van der Waals surface area contributed by atoms with Crippen LogP contribution in [-0.2, 0) is 52.7 Å². The molecular weight excluding hydrogens is 885 g/mol. The van der Waals surface area contributed by atoms with E-state index in [1.807, 2.05) is 13.8 Å². The highest BCUT2D eigenvalue weighted by atomic mass is 32.1. The molecule has 0 aromatic rings. The second kappa shape index (κ2) is 29.9. The molecule has 0 aliphatic heterocycles. The van der Waals surface area contributed by atoms with Gasteiger partial charge in [-0.3, -0.25) is 47.9 Å². The molecule has 0 saturated heterocycles. The molecule has 0 saturated carbocycles. The number of carbonyl (C=O) groups excluding carboxylic acids is 9. The van der Waals surface area contributed by atoms with Crippen LogP contribution in [0.15, 0.2) is 0 Å². The second-order valence-corrected chi connectivity index (χ2v) is 18.1. The van der Waals surface area contributed by atoms with E-state index >= 15 is 0 Å². The topological polar surface area (TPSA) is 363 Å². The summed E-state index contributed by atoms with van der Waals surface area (Å²) in [6, 6.07) is -11.1. The lowest BCUT2D eigenvalue weighted by atomic mass is 9.96. The summed E-state index contributed by atoms with van der Waals surface area (Å²) in [5, 5.41) is 41.0. The number of thiol groups is 1. The molecular formula is C42H74N10O13S. The molecule has 10 atom stereocenters. The Morgan fingerprint density at radius 3 is 1.30 bits per heavy atom. The number of nitrogens with two attached hydrogens (primary N) is 1. The van der Waals surface area contributed by atoms with Crippen LogP contribution in [0.4, 0.5) is 0 Å². The van der Waals surface area contributed by atoms with Crippen LogP contribution >= 0.6 is 12.6 Å². The van der Waals surface area contributed by atoms with Crippen molar-refractivity contribution < 1.29 is 63.0 Å². The van der Waals surface area contributed by atoms with E-state index in [0.717, 1.165) is 0 Å². The van der Waals surface area contributed by atoms with Gasteiger partial charge in [0, 0.05) is 5.75 Å². The van der Waals surface area contributed by atoms with Crippen LogP contribution in [0.25, 0.3) is 0 Å². The maximum Gasteiger partial charge on any atom is 0.326 e. The SMILES string of the molecule is CC[C@H](C)[C@H](NC(=O)[C@H](CC(=O)O)NC(=O)CNC(=O)[C@H](C)NC(=O)[C@H](C)NC(=O)[C@H](CC(C)C)NC(=O)[C@@H](N)CS)C(=O)N[C@@H](CC(C)C)C(=O)N[C@@H](C)C(=O)N[C@@H](CC(C)C)C(=O)O. The van der Waals surface area contributed by atoms with Gasteiger partial charge in [0.05, 0.1) is 19.0 Å². The van der Waals surface area contributed by atoms with Crippen LogP contribution < -0.4 is 53.6 Å². The maximum atomic E-state index is 13.8. The summed E-state index contributed by atoms with van der Waals surface area (Å²) in [5.41, 5.74) is 5.71. The molecule has 376 valence electrons. The fraction of sp³-hybridized carbons (Fsp3) is 0.738. The Balaban J connectivity index is 5.78. The first kappa shape index (κ1) is 60.5. The fourth-order valence-corrected chi connectivity index (χ4v) is 6.25. The van der Waals surface area contributed by atoms with Gasteiger partial charge >= 0.3 is 11.9 Å². The predicted octanol–water partition coefficient (Wildman–Crippen LogP) is -1.96. The lowest BCUT2D eigenvalue weighted by molar-refractivity contribution is -0.143. The fourth-order valence-electron chi connectivity index (χ4n) is 6.09. The third-order valence-electron chi connectivity index (χ3n) is 10.0. The van der Waals surface area contributed by atoms with E-state index < -0.39 is 138 Å². The average molecular weight is 959 g/mol. The normalized spacial score (nSPS) is 15.8. The number of carboxylic acid groups (broad SMARTS) is 2. The Morgan fingerprint density at radius 1 is 0.485 bits per heavy atom. The van der Waals surface area contributed by atoms with Gasteiger partial charge in [-0.1, -0.05) is 61.8 Å². The minimum absolute atomic E-state index is 0.0211. The van der Waals surface area contributed by atoms with Crippen molar-refractivity contribution in [1.29, 1.82) is 0 Å². The summed E-state index contributed by atoms with van der Waals surface area (Å²) in [4.78, 5) is 141. The predicted molar refractivity (Wildman–Crippen MR) is 245 cm³/mol. The molecule has 24 heteroatoms. The van der Waals surface area contributed by atoms with Crippen LogP contribution in [0, 0.1) is 23.7 Å². The average Bonchev–Trinajstić information content (AvgIpc) is 3.21. The van der Waals surface area contributed by atoms with E-state index in [1.165, 1.54) is 20.8 Å². The first-order valence-corrected chi connectivity index (χ1v) is 22.7. The molecule has 13 N–H and O–H groups in total. The van der Waals surface area contributed by atoms with E-state index in [1.54, 1.807) is 41.5 Å². The number of aliphatic carboxylic acids is 2. The largest absolute Gasteiger partial charge is 0.481 e. The van der Waals surface area contributed by atoms with Crippen molar-refractivity contribution in [3.8, 4) is 0 Å². The summed E-state index contributed by atoms with van der Waals surface area (Å²) in [7, 11) is 0. The Kier molecular flexibility index (Phi) is 27.4. The number of hydrogen-bond acceptors (Lipinski definition) is 13. The van der Waals surface area contributed by atoms with Crippen molar-refractivity contribution in [2.75, 3.05) is 12.3 Å². The highest BCUT2D eigenvalue weighted by molar-refractivity contribution is 7.80. The van der Waals surface area contributed by atoms with Gasteiger partial charge in [0.1, 0.15) is 48.3 Å². The van der Waals surface area contributed by atoms with Crippen molar-refractivity contribution >= 4 is 77.7 Å². The van der Waals surface area contributed by atoms with E-state index in [2.05, 4.69) is 60.5 Å². The summed E-state index contributed by atoms with van der Waals surface area (Å²) < 4.78 is 0. The highest BCUT2D eigenvalue weighted by Gasteiger charge is 2.35. The zero-order valence-corrected chi connectivity index (χ0v) is 40.8. The molecule has 23 nitrogen and oxygen atoms in total. The van der Waals surface area contributed by atoms with Crippen molar-refractivity contribution in [3.63, 3.8) is 0 Å². The van der Waals surface area contributed by atoms with Gasteiger partial charge in [-0.25, -0.2) is 4.79 Å². The van der Waals surface area contributed by atoms with Crippen LogP contribution in [0.5, 0.6) is 0 Å². The van der Waals surface area contributed by atoms with Gasteiger partial charge in [0.25, 0.3) is 0 Å². The molecule has 0 spiro atoms. The second-order valence-electron chi connectivity index (χ2n) is 17.7. The number of carbonyl (C=O) groups is 11. The van der Waals surface area contributed by atoms with E-state index in [9.17, 15) is 63.0 Å². The molecule has 0 unspecified atom stereocenters. The summed E-state index contributed by atoms with van der Waals surface area (Å²) in [6.07, 6.45) is -0.141. The maximum absolute atomic E-state index is 13.8. The zero-order chi connectivity index (χ0) is 51.2. The first-order valence-electron chi connectivity index (χ1n) is 22.0. The number of rotatable bonds is 30. The highest BCUT2D eigenvalue weighted by Crippen LogP contribution is 2.13. The molecule has 0 aliphatic rings. The molecule has 0 fully saturated rings. The molecule has 0 bridgehead atoms. The minimum Gasteiger partial charge on any atom is -0.481 e. The van der Waals surface area contributed by atoms with E-state index in [4.69, 9.17) is 5.73 Å². The van der Waals surface area contributed by atoms with Crippen molar-refractivity contribution in [2.45, 2.75) is 163 Å². The number of nitrogens with one attached hydrogen (secondary N) is 9. The molecule has 9 amide bonds. The van der Waals surface area contributed by atoms with Gasteiger partial charge in [-0.05, 0) is 63.7 Å². The number of carboxylic acids is 2. The smallest absolute Gasteiger partial charge is 0.326 e. The van der Waals surface area contributed by atoms with Gasteiger partial charge in [0.2, 0.25) is 53.2 Å². The van der Waals surface area contributed by atoms with Crippen molar-refractivity contribution in [3.05, 3.63) is 0 Å². The van der Waals surface area contributed by atoms with Crippen LogP contribution in [-0.4, -0.2) is 142 Å². The molecule has 0 aliphatic carbocycles. The lowest BCUT2D eigenvalue weighted by Crippen LogP contribution is -2.60. The van der Waals surface area contributed by atoms with Gasteiger partial charge < -0.3 is 63.8 Å². The first-order chi connectivity index (χ1) is 30.5. The molecule has 66 heavy (non-hydrogen) atoms. The van der Waals surface area contributed by atoms with Gasteiger partial charge in [-0.15, -0.1) is 0 Å². The minimum atomic E-state index is -1.75. The third kappa shape index (κ3) is 23.1. The zero-order valence-electron chi connectivity index (χ0n) is 39.9. The van der Waals surface area contributed by atoms with Crippen LogP contribution in [0.1, 0.15) is 108 Å². The quantitative estimate of drug-likeness (QED) is 0.0348. The molecule has 0 heterocycles.